The average Bonchev–Trinajstić information content (AvgIpc) is 2.94. The van der Waals surface area contributed by atoms with E-state index in [-0.39, 0.29) is 18.7 Å². The first-order chi connectivity index (χ1) is 9.65. The van der Waals surface area contributed by atoms with Crippen LogP contribution in [-0.2, 0) is 0 Å². The second-order valence-electron chi connectivity index (χ2n) is 5.56. The van der Waals surface area contributed by atoms with Crippen molar-refractivity contribution in [1.82, 2.24) is 4.90 Å². The largest absolute Gasteiger partial charge is 0.454 e. The summed E-state index contributed by atoms with van der Waals surface area (Å²) in [5.41, 5.74) is 6.59. The molecule has 20 heavy (non-hydrogen) atoms. The summed E-state index contributed by atoms with van der Waals surface area (Å²) in [6.07, 6.45) is 1.96. The van der Waals surface area contributed by atoms with Crippen molar-refractivity contribution in [3.63, 3.8) is 0 Å². The maximum Gasteiger partial charge on any atom is 0.253 e. The van der Waals surface area contributed by atoms with Crippen LogP contribution in [0.2, 0.25) is 0 Å². The van der Waals surface area contributed by atoms with Crippen molar-refractivity contribution in [1.29, 1.82) is 0 Å². The summed E-state index contributed by atoms with van der Waals surface area (Å²) in [7, 11) is 0. The van der Waals surface area contributed by atoms with Gasteiger partial charge in [0.2, 0.25) is 6.79 Å². The number of rotatable bonds is 2. The van der Waals surface area contributed by atoms with Gasteiger partial charge in [-0.1, -0.05) is 0 Å². The number of amides is 1. The molecule has 2 heterocycles. The number of hydrogen-bond acceptors (Lipinski definition) is 4. The Morgan fingerprint density at radius 1 is 1.30 bits per heavy atom. The minimum atomic E-state index is 0.0615. The van der Waals surface area contributed by atoms with Gasteiger partial charge in [-0.25, -0.2) is 0 Å². The van der Waals surface area contributed by atoms with Gasteiger partial charge in [-0.3, -0.25) is 4.79 Å². The molecule has 0 bridgehead atoms. The standard InChI is InChI=1S/C15H20N2O3/c1-10(16)11-4-6-17(7-5-11)15(18)12-2-3-13-14(8-12)20-9-19-13/h2-3,8,10-11H,4-7,9,16H2,1H3. The lowest BCUT2D eigenvalue weighted by Gasteiger charge is -2.33. The molecule has 3 rings (SSSR count). The molecular weight excluding hydrogens is 256 g/mol. The highest BCUT2D eigenvalue weighted by Gasteiger charge is 2.26. The van der Waals surface area contributed by atoms with Crippen LogP contribution in [-0.4, -0.2) is 36.7 Å². The highest BCUT2D eigenvalue weighted by atomic mass is 16.7. The summed E-state index contributed by atoms with van der Waals surface area (Å²) in [6, 6.07) is 5.57. The van der Waals surface area contributed by atoms with Crippen LogP contribution in [0.4, 0.5) is 0 Å². The molecule has 1 atom stereocenters. The second kappa shape index (κ2) is 5.32. The number of piperidine rings is 1. The van der Waals surface area contributed by atoms with Gasteiger partial charge in [0.1, 0.15) is 0 Å². The molecule has 1 aromatic carbocycles. The smallest absolute Gasteiger partial charge is 0.253 e. The van der Waals surface area contributed by atoms with Gasteiger partial charge in [0.05, 0.1) is 0 Å². The summed E-state index contributed by atoms with van der Waals surface area (Å²) in [5.74, 6) is 1.95. The van der Waals surface area contributed by atoms with Crippen LogP contribution in [0.1, 0.15) is 30.1 Å². The zero-order chi connectivity index (χ0) is 14.1. The molecule has 5 heteroatoms. The number of hydrogen-bond donors (Lipinski definition) is 1. The highest BCUT2D eigenvalue weighted by molar-refractivity contribution is 5.95. The Morgan fingerprint density at radius 2 is 2.00 bits per heavy atom. The lowest BCUT2D eigenvalue weighted by atomic mass is 9.90. The molecule has 2 N–H and O–H groups in total. The Hall–Kier alpha value is -1.75. The first kappa shape index (κ1) is 13.2. The molecule has 0 spiro atoms. The monoisotopic (exact) mass is 276 g/mol. The van der Waals surface area contributed by atoms with Crippen LogP contribution >= 0.6 is 0 Å². The van der Waals surface area contributed by atoms with Crippen LogP contribution < -0.4 is 15.2 Å². The van der Waals surface area contributed by atoms with Crippen LogP contribution in [0.5, 0.6) is 11.5 Å². The first-order valence-corrected chi connectivity index (χ1v) is 7.09. The molecule has 0 saturated carbocycles. The molecule has 1 saturated heterocycles. The average molecular weight is 276 g/mol. The van der Waals surface area contributed by atoms with Gasteiger partial charge in [-0.05, 0) is 43.9 Å². The summed E-state index contributed by atoms with van der Waals surface area (Å²) in [4.78, 5) is 14.4. The Bertz CT molecular complexity index is 508. The van der Waals surface area contributed by atoms with Crippen LogP contribution in [0.15, 0.2) is 18.2 Å². The van der Waals surface area contributed by atoms with Crippen LogP contribution in [0, 0.1) is 5.92 Å². The Morgan fingerprint density at radius 3 is 2.70 bits per heavy atom. The molecule has 1 amide bonds. The summed E-state index contributed by atoms with van der Waals surface area (Å²) in [6.45, 7) is 3.83. The van der Waals surface area contributed by atoms with E-state index in [4.69, 9.17) is 15.2 Å². The van der Waals surface area contributed by atoms with Crippen molar-refractivity contribution in [2.45, 2.75) is 25.8 Å². The van der Waals surface area contributed by atoms with Gasteiger partial charge in [-0.15, -0.1) is 0 Å². The van der Waals surface area contributed by atoms with Gasteiger partial charge >= 0.3 is 0 Å². The lowest BCUT2D eigenvalue weighted by molar-refractivity contribution is 0.0680. The van der Waals surface area contributed by atoms with Crippen LogP contribution in [0.3, 0.4) is 0 Å². The molecule has 0 radical (unpaired) electrons. The van der Waals surface area contributed by atoms with Gasteiger partial charge in [0, 0.05) is 24.7 Å². The maximum absolute atomic E-state index is 12.5. The van der Waals surface area contributed by atoms with Crippen molar-refractivity contribution < 1.29 is 14.3 Å². The molecular formula is C15H20N2O3. The summed E-state index contributed by atoms with van der Waals surface area (Å²) >= 11 is 0. The Balaban J connectivity index is 1.68. The van der Waals surface area contributed by atoms with E-state index in [1.807, 2.05) is 11.8 Å². The van der Waals surface area contributed by atoms with E-state index in [1.54, 1.807) is 18.2 Å². The van der Waals surface area contributed by atoms with E-state index in [0.717, 1.165) is 25.9 Å². The van der Waals surface area contributed by atoms with E-state index in [9.17, 15) is 4.79 Å². The number of ether oxygens (including phenoxy) is 2. The molecule has 0 aliphatic carbocycles. The fourth-order valence-corrected chi connectivity index (χ4v) is 2.84. The molecule has 1 aromatic rings. The Kier molecular flexibility index (Phi) is 3.53. The maximum atomic E-state index is 12.5. The minimum absolute atomic E-state index is 0.0615. The fourth-order valence-electron chi connectivity index (χ4n) is 2.84. The molecule has 2 aliphatic rings. The molecule has 1 fully saturated rings. The van der Waals surface area contributed by atoms with E-state index in [1.165, 1.54) is 0 Å². The zero-order valence-electron chi connectivity index (χ0n) is 11.7. The quantitative estimate of drug-likeness (QED) is 0.891. The van der Waals surface area contributed by atoms with Crippen LogP contribution in [0.25, 0.3) is 0 Å². The fraction of sp³-hybridized carbons (Fsp3) is 0.533. The number of carbonyl (C=O) groups excluding carboxylic acids is 1. The SMILES string of the molecule is CC(N)C1CCN(C(=O)c2ccc3c(c2)OCO3)CC1. The lowest BCUT2D eigenvalue weighted by Crippen LogP contribution is -2.42. The molecule has 5 nitrogen and oxygen atoms in total. The highest BCUT2D eigenvalue weighted by Crippen LogP contribution is 2.33. The third-order valence-corrected chi connectivity index (χ3v) is 4.19. The first-order valence-electron chi connectivity index (χ1n) is 7.09. The van der Waals surface area contributed by atoms with E-state index < -0.39 is 0 Å². The van der Waals surface area contributed by atoms with Gasteiger partial charge in [0.25, 0.3) is 5.91 Å². The molecule has 1 unspecified atom stereocenters. The second-order valence-corrected chi connectivity index (χ2v) is 5.56. The number of fused-ring (bicyclic) bond motifs is 1. The van der Waals surface area contributed by atoms with Crippen molar-refractivity contribution >= 4 is 5.91 Å². The number of likely N-dealkylation sites (tertiary alicyclic amines) is 1. The van der Waals surface area contributed by atoms with E-state index >= 15 is 0 Å². The normalized spacial score (nSPS) is 20.0. The molecule has 2 aliphatic heterocycles. The summed E-state index contributed by atoms with van der Waals surface area (Å²) < 4.78 is 10.6. The number of nitrogens with zero attached hydrogens (tertiary/aromatic N) is 1. The third kappa shape index (κ3) is 2.45. The van der Waals surface area contributed by atoms with E-state index in [0.29, 0.717) is 23.0 Å². The van der Waals surface area contributed by atoms with Crippen molar-refractivity contribution in [2.24, 2.45) is 11.7 Å². The number of carbonyl (C=O) groups is 1. The Labute approximate surface area is 118 Å². The minimum Gasteiger partial charge on any atom is -0.454 e. The van der Waals surface area contributed by atoms with Crippen molar-refractivity contribution in [3.8, 4) is 11.5 Å². The number of nitrogens with two attached hydrogens (primary N) is 1. The van der Waals surface area contributed by atoms with Crippen molar-refractivity contribution in [2.75, 3.05) is 19.9 Å². The predicted molar refractivity (Wildman–Crippen MR) is 74.8 cm³/mol. The molecule has 108 valence electrons. The predicted octanol–water partition coefficient (Wildman–Crippen LogP) is 1.61. The molecule has 0 aromatic heterocycles. The topological polar surface area (TPSA) is 64.8 Å². The summed E-state index contributed by atoms with van der Waals surface area (Å²) in [5, 5.41) is 0. The van der Waals surface area contributed by atoms with E-state index in [2.05, 4.69) is 0 Å². The zero-order valence-corrected chi connectivity index (χ0v) is 11.7. The van der Waals surface area contributed by atoms with Gasteiger partial charge < -0.3 is 20.1 Å². The van der Waals surface area contributed by atoms with Crippen molar-refractivity contribution in [3.05, 3.63) is 23.8 Å². The number of benzene rings is 1. The van der Waals surface area contributed by atoms with Gasteiger partial charge in [-0.2, -0.15) is 0 Å². The van der Waals surface area contributed by atoms with Gasteiger partial charge in [0.15, 0.2) is 11.5 Å². The third-order valence-electron chi connectivity index (χ3n) is 4.19.